The van der Waals surface area contributed by atoms with Gasteiger partial charge in [0.2, 0.25) is 0 Å². The summed E-state index contributed by atoms with van der Waals surface area (Å²) in [4.78, 5) is 2.31. The zero-order valence-electron chi connectivity index (χ0n) is 7.47. The third kappa shape index (κ3) is 3.18. The fraction of sp³-hybridized carbons (Fsp3) is 1.00. The second kappa shape index (κ2) is 4.70. The molecule has 0 spiro atoms. The molecule has 3 nitrogen and oxygen atoms in total. The highest BCUT2D eigenvalue weighted by Gasteiger charge is 2.18. The number of hydrogen-bond donors (Lipinski definition) is 1. The third-order valence-electron chi connectivity index (χ3n) is 2.05. The molecule has 3 heteroatoms. The van der Waals surface area contributed by atoms with Crippen molar-refractivity contribution in [2.24, 2.45) is 0 Å². The summed E-state index contributed by atoms with van der Waals surface area (Å²) in [7, 11) is 4.09. The second-order valence-electron chi connectivity index (χ2n) is 3.15. The van der Waals surface area contributed by atoms with Crippen LogP contribution < -0.4 is 5.32 Å². The van der Waals surface area contributed by atoms with E-state index in [0.29, 0.717) is 6.10 Å². The Labute approximate surface area is 68.7 Å². The molecular formula is C8H18N2O. The van der Waals surface area contributed by atoms with E-state index in [9.17, 15) is 0 Å². The normalized spacial score (nSPS) is 26.2. The standard InChI is InChI=1S/C8H18N2O/c1-9-4-6-11-8-3-5-10(2)7-8/h8-9H,3-7H2,1-2H3. The number of ether oxygens (including phenoxy) is 1. The van der Waals surface area contributed by atoms with Crippen LogP contribution in [0.4, 0.5) is 0 Å². The van der Waals surface area contributed by atoms with Gasteiger partial charge in [0.1, 0.15) is 0 Å². The van der Waals surface area contributed by atoms with Crippen molar-refractivity contribution in [1.29, 1.82) is 0 Å². The van der Waals surface area contributed by atoms with E-state index < -0.39 is 0 Å². The maximum atomic E-state index is 5.61. The van der Waals surface area contributed by atoms with Crippen LogP contribution in [-0.2, 0) is 4.74 Å². The van der Waals surface area contributed by atoms with Crippen LogP contribution in [0.2, 0.25) is 0 Å². The molecule has 0 aromatic heterocycles. The smallest absolute Gasteiger partial charge is 0.0714 e. The molecule has 1 atom stereocenters. The zero-order chi connectivity index (χ0) is 8.10. The molecule has 1 saturated heterocycles. The van der Waals surface area contributed by atoms with Crippen LogP contribution in [0.25, 0.3) is 0 Å². The molecule has 1 rings (SSSR count). The van der Waals surface area contributed by atoms with Crippen molar-refractivity contribution in [3.8, 4) is 0 Å². The first kappa shape index (κ1) is 8.97. The van der Waals surface area contributed by atoms with Crippen LogP contribution in [0.5, 0.6) is 0 Å². The van der Waals surface area contributed by atoms with Crippen LogP contribution in [-0.4, -0.2) is 51.3 Å². The summed E-state index contributed by atoms with van der Waals surface area (Å²) < 4.78 is 5.61. The molecule has 66 valence electrons. The van der Waals surface area contributed by atoms with Gasteiger partial charge in [-0.15, -0.1) is 0 Å². The quantitative estimate of drug-likeness (QED) is 0.579. The maximum Gasteiger partial charge on any atom is 0.0714 e. The summed E-state index contributed by atoms with van der Waals surface area (Å²) in [5.74, 6) is 0. The molecule has 1 unspecified atom stereocenters. The molecule has 1 N–H and O–H groups in total. The van der Waals surface area contributed by atoms with Crippen LogP contribution >= 0.6 is 0 Å². The minimum atomic E-state index is 0.480. The lowest BCUT2D eigenvalue weighted by atomic mass is 10.3. The van der Waals surface area contributed by atoms with Gasteiger partial charge in [0.05, 0.1) is 12.7 Å². The lowest BCUT2D eigenvalue weighted by Gasteiger charge is -2.11. The topological polar surface area (TPSA) is 24.5 Å². The number of likely N-dealkylation sites (tertiary alicyclic amines) is 1. The number of likely N-dealkylation sites (N-methyl/N-ethyl adjacent to an activating group) is 2. The van der Waals surface area contributed by atoms with E-state index in [1.807, 2.05) is 7.05 Å². The van der Waals surface area contributed by atoms with E-state index in [2.05, 4.69) is 17.3 Å². The average Bonchev–Trinajstić information content (AvgIpc) is 2.37. The Balaban J connectivity index is 1.99. The molecule has 0 radical (unpaired) electrons. The fourth-order valence-electron chi connectivity index (χ4n) is 1.36. The Bertz CT molecular complexity index is 108. The van der Waals surface area contributed by atoms with Gasteiger partial charge in [-0.2, -0.15) is 0 Å². The number of hydrogen-bond acceptors (Lipinski definition) is 3. The zero-order valence-corrected chi connectivity index (χ0v) is 7.47. The van der Waals surface area contributed by atoms with Gasteiger partial charge in [0, 0.05) is 19.6 Å². The Morgan fingerprint density at radius 2 is 2.45 bits per heavy atom. The van der Waals surface area contributed by atoms with Crippen molar-refractivity contribution in [2.75, 3.05) is 40.3 Å². The van der Waals surface area contributed by atoms with Gasteiger partial charge in [0.25, 0.3) is 0 Å². The highest BCUT2D eigenvalue weighted by Crippen LogP contribution is 2.09. The second-order valence-corrected chi connectivity index (χ2v) is 3.15. The van der Waals surface area contributed by atoms with Crippen LogP contribution in [0.15, 0.2) is 0 Å². The monoisotopic (exact) mass is 158 g/mol. The van der Waals surface area contributed by atoms with E-state index >= 15 is 0 Å². The number of nitrogens with zero attached hydrogens (tertiary/aromatic N) is 1. The van der Waals surface area contributed by atoms with E-state index in [0.717, 1.165) is 19.7 Å². The van der Waals surface area contributed by atoms with Crippen LogP contribution in [0.3, 0.4) is 0 Å². The summed E-state index contributed by atoms with van der Waals surface area (Å²) in [5, 5.41) is 3.06. The van der Waals surface area contributed by atoms with Gasteiger partial charge in [-0.1, -0.05) is 0 Å². The highest BCUT2D eigenvalue weighted by atomic mass is 16.5. The molecule has 0 aliphatic carbocycles. The molecule has 1 aliphatic rings. The first-order chi connectivity index (χ1) is 5.33. The van der Waals surface area contributed by atoms with E-state index in [1.165, 1.54) is 13.0 Å². The van der Waals surface area contributed by atoms with Gasteiger partial charge in [-0.05, 0) is 20.5 Å². The molecule has 0 aromatic rings. The Kier molecular flexibility index (Phi) is 3.83. The summed E-state index contributed by atoms with van der Waals surface area (Å²) in [6.45, 7) is 4.09. The first-order valence-corrected chi connectivity index (χ1v) is 4.27. The van der Waals surface area contributed by atoms with Crippen LogP contribution in [0, 0.1) is 0 Å². The largest absolute Gasteiger partial charge is 0.376 e. The van der Waals surface area contributed by atoms with Gasteiger partial charge < -0.3 is 15.0 Å². The average molecular weight is 158 g/mol. The molecule has 1 aliphatic heterocycles. The van der Waals surface area contributed by atoms with Crippen molar-refractivity contribution >= 4 is 0 Å². The Morgan fingerprint density at radius 3 is 3.00 bits per heavy atom. The van der Waals surface area contributed by atoms with Gasteiger partial charge in [-0.25, -0.2) is 0 Å². The SMILES string of the molecule is CNCCOC1CCN(C)C1. The summed E-state index contributed by atoms with van der Waals surface area (Å²) in [6, 6.07) is 0. The molecular weight excluding hydrogens is 140 g/mol. The third-order valence-corrected chi connectivity index (χ3v) is 2.05. The molecule has 0 saturated carbocycles. The molecule has 1 heterocycles. The molecule has 1 fully saturated rings. The van der Waals surface area contributed by atoms with Crippen molar-refractivity contribution < 1.29 is 4.74 Å². The molecule has 0 amide bonds. The minimum absolute atomic E-state index is 0.480. The van der Waals surface area contributed by atoms with Gasteiger partial charge in [-0.3, -0.25) is 0 Å². The summed E-state index contributed by atoms with van der Waals surface area (Å²) >= 11 is 0. The lowest BCUT2D eigenvalue weighted by molar-refractivity contribution is 0.0637. The lowest BCUT2D eigenvalue weighted by Crippen LogP contribution is -2.23. The molecule has 0 bridgehead atoms. The van der Waals surface area contributed by atoms with E-state index in [-0.39, 0.29) is 0 Å². The minimum Gasteiger partial charge on any atom is -0.376 e. The van der Waals surface area contributed by atoms with E-state index in [1.54, 1.807) is 0 Å². The Hall–Kier alpha value is -0.120. The first-order valence-electron chi connectivity index (χ1n) is 4.27. The van der Waals surface area contributed by atoms with E-state index in [4.69, 9.17) is 4.74 Å². The number of nitrogens with one attached hydrogen (secondary N) is 1. The molecule has 11 heavy (non-hydrogen) atoms. The molecule has 0 aromatic carbocycles. The predicted octanol–water partition coefficient (Wildman–Crippen LogP) is -0.0735. The predicted molar refractivity (Wildman–Crippen MR) is 45.8 cm³/mol. The van der Waals surface area contributed by atoms with Gasteiger partial charge >= 0.3 is 0 Å². The Morgan fingerprint density at radius 1 is 1.64 bits per heavy atom. The highest BCUT2D eigenvalue weighted by molar-refractivity contribution is 4.72. The number of rotatable bonds is 4. The summed E-state index contributed by atoms with van der Waals surface area (Å²) in [5.41, 5.74) is 0. The summed E-state index contributed by atoms with van der Waals surface area (Å²) in [6.07, 6.45) is 1.67. The van der Waals surface area contributed by atoms with Crippen molar-refractivity contribution in [3.63, 3.8) is 0 Å². The fourth-order valence-corrected chi connectivity index (χ4v) is 1.36. The van der Waals surface area contributed by atoms with Gasteiger partial charge in [0.15, 0.2) is 0 Å². The van der Waals surface area contributed by atoms with Crippen LogP contribution in [0.1, 0.15) is 6.42 Å². The van der Waals surface area contributed by atoms with Crippen molar-refractivity contribution in [3.05, 3.63) is 0 Å². The maximum absolute atomic E-state index is 5.61. The van der Waals surface area contributed by atoms with Crippen molar-refractivity contribution in [1.82, 2.24) is 10.2 Å². The van der Waals surface area contributed by atoms with Crippen molar-refractivity contribution in [2.45, 2.75) is 12.5 Å².